The van der Waals surface area contributed by atoms with Crippen molar-refractivity contribution in [3.8, 4) is 5.75 Å². The predicted octanol–water partition coefficient (Wildman–Crippen LogP) is 1.58. The molecule has 0 saturated carbocycles. The Bertz CT molecular complexity index is 787. The van der Waals surface area contributed by atoms with E-state index in [-0.39, 0.29) is 30.4 Å². The van der Waals surface area contributed by atoms with Gasteiger partial charge in [-0.1, -0.05) is 30.9 Å². The largest absolute Gasteiger partial charge is 0.485 e. The highest BCUT2D eigenvalue weighted by Gasteiger charge is 2.58. The lowest BCUT2D eigenvalue weighted by Crippen LogP contribution is -2.61. The number of carbonyl (C=O) groups is 2. The van der Waals surface area contributed by atoms with E-state index in [1.54, 1.807) is 6.92 Å². The molecule has 1 amide bonds. The molecule has 1 saturated heterocycles. The maximum absolute atomic E-state index is 12.6. The molecule has 26 heavy (non-hydrogen) atoms. The molecule has 0 bridgehead atoms. The van der Waals surface area contributed by atoms with E-state index in [1.165, 1.54) is 11.0 Å². The lowest BCUT2D eigenvalue weighted by Gasteiger charge is -2.44. The molecule has 6 heteroatoms. The van der Waals surface area contributed by atoms with Crippen LogP contribution in [0.2, 0.25) is 0 Å². The Morgan fingerprint density at radius 2 is 2.23 bits per heavy atom. The third-order valence-corrected chi connectivity index (χ3v) is 5.32. The van der Waals surface area contributed by atoms with Gasteiger partial charge in [0.2, 0.25) is 5.91 Å². The molecule has 1 aromatic rings. The number of β-lactam (4-membered cyclic amide) rings is 1. The molecule has 1 fully saturated rings. The fourth-order valence-corrected chi connectivity index (χ4v) is 4.16. The van der Waals surface area contributed by atoms with Gasteiger partial charge in [-0.05, 0) is 25.0 Å². The first-order valence-corrected chi connectivity index (χ1v) is 8.79. The average Bonchev–Trinajstić information content (AvgIpc) is 3.18. The fraction of sp³-hybridized carbons (Fsp3) is 0.400. The number of amides is 1. The van der Waals surface area contributed by atoms with E-state index in [1.807, 2.05) is 24.3 Å². The zero-order valence-corrected chi connectivity index (χ0v) is 14.6. The molecular formula is C20H21NO5. The third-order valence-electron chi connectivity index (χ3n) is 5.32. The third kappa shape index (κ3) is 2.44. The second-order valence-corrected chi connectivity index (χ2v) is 6.93. The lowest BCUT2D eigenvalue weighted by atomic mass is 9.82. The fourth-order valence-electron chi connectivity index (χ4n) is 4.16. The molecule has 0 radical (unpaired) electrons. The van der Waals surface area contributed by atoms with Crippen LogP contribution in [-0.2, 0) is 20.7 Å². The number of ether oxygens (including phenoxy) is 2. The number of fused-ring (bicyclic) bond motifs is 2. The minimum absolute atomic E-state index is 0.0773. The number of nitrogens with zero attached hydrogens (tertiary/aromatic N) is 1. The summed E-state index contributed by atoms with van der Waals surface area (Å²) in [5.74, 6) is -0.463. The first-order valence-electron chi connectivity index (χ1n) is 8.79. The van der Waals surface area contributed by atoms with Crippen molar-refractivity contribution < 1.29 is 24.2 Å². The van der Waals surface area contributed by atoms with Crippen molar-refractivity contribution in [2.45, 2.75) is 38.0 Å². The topological polar surface area (TPSA) is 76.1 Å². The summed E-state index contributed by atoms with van der Waals surface area (Å²) in [6.45, 7) is 5.23. The highest BCUT2D eigenvalue weighted by Crippen LogP contribution is 2.47. The Balaban J connectivity index is 1.66. The molecule has 1 N–H and O–H groups in total. The van der Waals surface area contributed by atoms with E-state index >= 15 is 0 Å². The van der Waals surface area contributed by atoms with Crippen molar-refractivity contribution in [1.82, 2.24) is 4.90 Å². The number of hydrogen-bond acceptors (Lipinski definition) is 5. The van der Waals surface area contributed by atoms with Crippen molar-refractivity contribution in [2.24, 2.45) is 5.92 Å². The second-order valence-electron chi connectivity index (χ2n) is 6.93. The molecule has 0 spiro atoms. The molecule has 3 heterocycles. The Morgan fingerprint density at radius 1 is 1.46 bits per heavy atom. The summed E-state index contributed by atoms with van der Waals surface area (Å²) in [5.41, 5.74) is 2.13. The van der Waals surface area contributed by atoms with E-state index in [0.29, 0.717) is 12.8 Å². The van der Waals surface area contributed by atoms with E-state index in [9.17, 15) is 14.7 Å². The Hall–Kier alpha value is -2.60. The summed E-state index contributed by atoms with van der Waals surface area (Å²) in [5, 5.41) is 9.92. The zero-order chi connectivity index (χ0) is 18.4. The van der Waals surface area contributed by atoms with Gasteiger partial charge in [0.05, 0.1) is 18.1 Å². The Labute approximate surface area is 151 Å². The second kappa shape index (κ2) is 6.29. The molecule has 1 aromatic carbocycles. The van der Waals surface area contributed by atoms with Gasteiger partial charge in [0.15, 0.2) is 0 Å². The summed E-state index contributed by atoms with van der Waals surface area (Å²) >= 11 is 0. The van der Waals surface area contributed by atoms with Crippen LogP contribution < -0.4 is 4.74 Å². The molecule has 4 rings (SSSR count). The van der Waals surface area contributed by atoms with Crippen LogP contribution in [0.4, 0.5) is 0 Å². The maximum atomic E-state index is 12.6. The molecule has 0 aromatic heterocycles. The van der Waals surface area contributed by atoms with Crippen LogP contribution in [0.5, 0.6) is 5.75 Å². The van der Waals surface area contributed by atoms with Crippen LogP contribution in [0.1, 0.15) is 18.9 Å². The molecule has 3 aliphatic rings. The van der Waals surface area contributed by atoms with Gasteiger partial charge in [0, 0.05) is 12.0 Å². The highest BCUT2D eigenvalue weighted by molar-refractivity contribution is 6.00. The summed E-state index contributed by atoms with van der Waals surface area (Å²) in [6.07, 6.45) is 1.60. The van der Waals surface area contributed by atoms with E-state index in [2.05, 4.69) is 6.58 Å². The number of esters is 1. The number of hydrogen-bond donors (Lipinski definition) is 1. The number of carbonyl (C=O) groups excluding carboxylic acids is 2. The first-order chi connectivity index (χ1) is 12.5. The smallest absolute Gasteiger partial charge is 0.355 e. The van der Waals surface area contributed by atoms with E-state index in [0.717, 1.165) is 16.9 Å². The molecule has 3 aliphatic heterocycles. The van der Waals surface area contributed by atoms with Gasteiger partial charge in [-0.2, -0.15) is 0 Å². The molecule has 4 atom stereocenters. The minimum Gasteiger partial charge on any atom is -0.485 e. The van der Waals surface area contributed by atoms with E-state index in [4.69, 9.17) is 9.47 Å². The number of aliphatic hydroxyl groups excluding tert-OH is 1. The van der Waals surface area contributed by atoms with Crippen LogP contribution in [0.25, 0.3) is 0 Å². The van der Waals surface area contributed by atoms with Crippen molar-refractivity contribution in [3.05, 3.63) is 53.8 Å². The summed E-state index contributed by atoms with van der Waals surface area (Å²) in [6, 6.07) is 7.55. The van der Waals surface area contributed by atoms with Crippen LogP contribution in [-0.4, -0.2) is 46.7 Å². The SMILES string of the molecule is C=CCOC(=O)C1=C([C@H]2Cc3ccccc3O2)C[C@@H]2[C@@H]([C@@H](C)O)C(=O)N12. The zero-order valence-electron chi connectivity index (χ0n) is 14.6. The first kappa shape index (κ1) is 16.8. The lowest BCUT2D eigenvalue weighted by molar-refractivity contribution is -0.162. The Morgan fingerprint density at radius 3 is 2.92 bits per heavy atom. The van der Waals surface area contributed by atoms with Gasteiger partial charge in [-0.25, -0.2) is 4.79 Å². The molecule has 0 unspecified atom stereocenters. The molecular weight excluding hydrogens is 334 g/mol. The van der Waals surface area contributed by atoms with Gasteiger partial charge < -0.3 is 19.5 Å². The van der Waals surface area contributed by atoms with Crippen molar-refractivity contribution in [2.75, 3.05) is 6.61 Å². The van der Waals surface area contributed by atoms with Gasteiger partial charge in [0.1, 0.15) is 24.2 Å². The standard InChI is InChI=1S/C20H21NO5/c1-3-8-25-20(24)18-13(10-14-17(11(2)22)19(23)21(14)18)16-9-12-6-4-5-7-15(12)26-16/h3-7,11,14,16-17,22H,1,8-10H2,2H3/t11-,14-,16-,17-/m1/s1. The summed E-state index contributed by atoms with van der Waals surface area (Å²) < 4.78 is 11.3. The van der Waals surface area contributed by atoms with Crippen molar-refractivity contribution in [3.63, 3.8) is 0 Å². The monoisotopic (exact) mass is 355 g/mol. The number of benzene rings is 1. The van der Waals surface area contributed by atoms with E-state index < -0.39 is 18.0 Å². The van der Waals surface area contributed by atoms with Gasteiger partial charge in [-0.3, -0.25) is 4.79 Å². The highest BCUT2D eigenvalue weighted by atomic mass is 16.5. The maximum Gasteiger partial charge on any atom is 0.355 e. The molecule has 136 valence electrons. The summed E-state index contributed by atoms with van der Waals surface area (Å²) in [7, 11) is 0. The van der Waals surface area contributed by atoms with Crippen LogP contribution in [0.3, 0.4) is 0 Å². The van der Waals surface area contributed by atoms with Crippen LogP contribution >= 0.6 is 0 Å². The predicted molar refractivity (Wildman–Crippen MR) is 93.2 cm³/mol. The molecule has 0 aliphatic carbocycles. The van der Waals surface area contributed by atoms with Crippen molar-refractivity contribution >= 4 is 11.9 Å². The Kier molecular flexibility index (Phi) is 4.07. The van der Waals surface area contributed by atoms with Gasteiger partial charge in [-0.15, -0.1) is 0 Å². The minimum atomic E-state index is -0.754. The number of para-hydroxylation sites is 1. The average molecular weight is 355 g/mol. The van der Waals surface area contributed by atoms with Gasteiger partial charge >= 0.3 is 5.97 Å². The summed E-state index contributed by atoms with van der Waals surface area (Å²) in [4.78, 5) is 26.6. The van der Waals surface area contributed by atoms with Crippen LogP contribution in [0, 0.1) is 5.92 Å². The van der Waals surface area contributed by atoms with Crippen LogP contribution in [0.15, 0.2) is 48.2 Å². The number of rotatable bonds is 5. The number of aliphatic hydroxyl groups is 1. The quantitative estimate of drug-likeness (QED) is 0.493. The van der Waals surface area contributed by atoms with Gasteiger partial charge in [0.25, 0.3) is 0 Å². The van der Waals surface area contributed by atoms with Crippen molar-refractivity contribution in [1.29, 1.82) is 0 Å². The molecule has 6 nitrogen and oxygen atoms in total. The normalized spacial score (nSPS) is 27.4.